The van der Waals surface area contributed by atoms with Crippen molar-refractivity contribution in [3.63, 3.8) is 0 Å². The van der Waals surface area contributed by atoms with Gasteiger partial charge in [0.15, 0.2) is 6.61 Å². The van der Waals surface area contributed by atoms with Gasteiger partial charge in [-0.3, -0.25) is 4.79 Å². The molecule has 1 N–H and O–H groups in total. The zero-order valence-corrected chi connectivity index (χ0v) is 18.3. The lowest BCUT2D eigenvalue weighted by Crippen LogP contribution is -2.31. The summed E-state index contributed by atoms with van der Waals surface area (Å²) in [4.78, 5) is 25.5. The predicted molar refractivity (Wildman–Crippen MR) is 130 cm³/mol. The van der Waals surface area contributed by atoms with Crippen molar-refractivity contribution in [1.82, 2.24) is 5.01 Å². The lowest BCUT2D eigenvalue weighted by atomic mass is 9.97. The zero-order chi connectivity index (χ0) is 23.5. The average molecular weight is 450 g/mol. The van der Waals surface area contributed by atoms with Crippen LogP contribution in [0.25, 0.3) is 10.8 Å². The topological polar surface area (TPSA) is 79.2 Å². The molecule has 1 aliphatic rings. The Kier molecular flexibility index (Phi) is 5.79. The molecule has 1 aliphatic heterocycles. The number of rotatable bonds is 5. The van der Waals surface area contributed by atoms with Crippen LogP contribution in [0.15, 0.2) is 102 Å². The van der Waals surface area contributed by atoms with E-state index in [4.69, 9.17) is 4.74 Å². The number of carbonyl (C=O) groups is 2. The third kappa shape index (κ3) is 4.26. The first-order valence-corrected chi connectivity index (χ1v) is 11.0. The molecule has 0 bridgehead atoms. The molecule has 6 heteroatoms. The Morgan fingerprint density at radius 2 is 1.59 bits per heavy atom. The van der Waals surface area contributed by atoms with Gasteiger partial charge in [-0.05, 0) is 40.1 Å². The fourth-order valence-electron chi connectivity index (χ4n) is 4.14. The Balaban J connectivity index is 1.40. The van der Waals surface area contributed by atoms with Crippen LogP contribution in [0.4, 0.5) is 0 Å². The Hall–Kier alpha value is -4.45. The van der Waals surface area contributed by atoms with E-state index in [0.29, 0.717) is 6.42 Å². The SMILES string of the molecule is O=C(OCC(=O)N1N=C(c2ccc3ccccc3c2)CC1c1ccccc1)c1ccccc1O. The van der Waals surface area contributed by atoms with Crippen LogP contribution in [0.3, 0.4) is 0 Å². The van der Waals surface area contributed by atoms with Crippen molar-refractivity contribution in [1.29, 1.82) is 0 Å². The lowest BCUT2D eigenvalue weighted by Gasteiger charge is -2.22. The number of carbonyl (C=O) groups excluding carboxylic acids is 2. The van der Waals surface area contributed by atoms with Crippen molar-refractivity contribution in [2.75, 3.05) is 6.61 Å². The van der Waals surface area contributed by atoms with Crippen LogP contribution in [-0.4, -0.2) is 34.3 Å². The number of hydrogen-bond acceptors (Lipinski definition) is 5. The Labute approximate surface area is 196 Å². The summed E-state index contributed by atoms with van der Waals surface area (Å²) in [5, 5.41) is 18.1. The molecule has 0 saturated heterocycles. The highest BCUT2D eigenvalue weighted by Crippen LogP contribution is 2.33. The normalized spacial score (nSPS) is 15.2. The molecule has 4 aromatic rings. The van der Waals surface area contributed by atoms with Gasteiger partial charge in [-0.25, -0.2) is 9.80 Å². The molecule has 4 aromatic carbocycles. The van der Waals surface area contributed by atoms with Gasteiger partial charge in [-0.1, -0.05) is 78.9 Å². The number of esters is 1. The minimum atomic E-state index is -0.763. The van der Waals surface area contributed by atoms with E-state index in [1.54, 1.807) is 12.1 Å². The first-order valence-electron chi connectivity index (χ1n) is 11.0. The summed E-state index contributed by atoms with van der Waals surface area (Å²) >= 11 is 0. The van der Waals surface area contributed by atoms with Gasteiger partial charge in [-0.15, -0.1) is 0 Å². The number of nitrogens with zero attached hydrogens (tertiary/aromatic N) is 2. The lowest BCUT2D eigenvalue weighted by molar-refractivity contribution is -0.136. The second kappa shape index (κ2) is 9.19. The van der Waals surface area contributed by atoms with Gasteiger partial charge in [0.1, 0.15) is 11.3 Å². The van der Waals surface area contributed by atoms with Gasteiger partial charge >= 0.3 is 5.97 Å². The maximum absolute atomic E-state index is 13.1. The number of phenolic OH excluding ortho intramolecular Hbond substituents is 1. The second-order valence-electron chi connectivity index (χ2n) is 8.07. The van der Waals surface area contributed by atoms with Crippen molar-refractivity contribution in [2.24, 2.45) is 5.10 Å². The average Bonchev–Trinajstić information content (AvgIpc) is 3.33. The molecule has 1 amide bonds. The Morgan fingerprint density at radius 3 is 2.38 bits per heavy atom. The fraction of sp³-hybridized carbons (Fsp3) is 0.107. The Morgan fingerprint density at radius 1 is 0.882 bits per heavy atom. The van der Waals surface area contributed by atoms with E-state index >= 15 is 0 Å². The molecule has 1 atom stereocenters. The fourth-order valence-corrected chi connectivity index (χ4v) is 4.14. The van der Waals surface area contributed by atoms with Crippen molar-refractivity contribution < 1.29 is 19.4 Å². The predicted octanol–water partition coefficient (Wildman–Crippen LogP) is 5.08. The summed E-state index contributed by atoms with van der Waals surface area (Å²) in [6.07, 6.45) is 0.543. The van der Waals surface area contributed by atoms with Gasteiger partial charge in [0.2, 0.25) is 0 Å². The van der Waals surface area contributed by atoms with E-state index in [-0.39, 0.29) is 17.4 Å². The highest BCUT2D eigenvalue weighted by molar-refractivity contribution is 6.05. The number of fused-ring (bicyclic) bond motifs is 1. The number of para-hydroxylation sites is 1. The summed E-state index contributed by atoms with van der Waals surface area (Å²) in [5.41, 5.74) is 2.69. The summed E-state index contributed by atoms with van der Waals surface area (Å²) < 4.78 is 5.21. The van der Waals surface area contributed by atoms with Gasteiger partial charge in [-0.2, -0.15) is 5.10 Å². The number of ether oxygens (including phenoxy) is 1. The highest BCUT2D eigenvalue weighted by Gasteiger charge is 2.33. The molecule has 0 radical (unpaired) electrons. The summed E-state index contributed by atoms with van der Waals surface area (Å²) in [7, 11) is 0. The standard InChI is InChI=1S/C28H22N2O4/c31-26-13-7-6-12-23(26)28(33)34-18-27(32)30-25(20-9-2-1-3-10-20)17-24(29-30)22-15-14-19-8-4-5-11-21(19)16-22/h1-16,25,31H,17-18H2. The van der Waals surface area contributed by atoms with Crippen LogP contribution >= 0.6 is 0 Å². The third-order valence-corrected chi connectivity index (χ3v) is 5.88. The smallest absolute Gasteiger partial charge is 0.342 e. The molecule has 5 rings (SSSR count). The molecule has 34 heavy (non-hydrogen) atoms. The minimum Gasteiger partial charge on any atom is -0.507 e. The number of benzene rings is 4. The zero-order valence-electron chi connectivity index (χ0n) is 18.3. The monoisotopic (exact) mass is 450 g/mol. The maximum Gasteiger partial charge on any atom is 0.342 e. The van der Waals surface area contributed by atoms with Crippen molar-refractivity contribution in [3.8, 4) is 5.75 Å². The van der Waals surface area contributed by atoms with Crippen LogP contribution < -0.4 is 0 Å². The number of aromatic hydroxyl groups is 1. The van der Waals surface area contributed by atoms with E-state index in [1.807, 2.05) is 60.7 Å². The molecule has 0 saturated carbocycles. The first kappa shape index (κ1) is 21.4. The molecular formula is C28H22N2O4. The molecule has 0 fully saturated rings. The van der Waals surface area contributed by atoms with Crippen molar-refractivity contribution in [3.05, 3.63) is 114 Å². The van der Waals surface area contributed by atoms with Crippen LogP contribution in [0.2, 0.25) is 0 Å². The number of phenols is 1. The van der Waals surface area contributed by atoms with Crippen LogP contribution in [0.5, 0.6) is 5.75 Å². The summed E-state index contributed by atoms with van der Waals surface area (Å²) in [6, 6.07) is 29.6. The van der Waals surface area contributed by atoms with Crippen LogP contribution in [0, 0.1) is 0 Å². The number of amides is 1. The van der Waals surface area contributed by atoms with E-state index in [2.05, 4.69) is 17.2 Å². The van der Waals surface area contributed by atoms with Gasteiger partial charge in [0, 0.05) is 6.42 Å². The van der Waals surface area contributed by atoms with Crippen molar-refractivity contribution >= 4 is 28.4 Å². The first-order chi connectivity index (χ1) is 16.6. The molecule has 1 heterocycles. The molecule has 0 aromatic heterocycles. The maximum atomic E-state index is 13.1. The second-order valence-corrected chi connectivity index (χ2v) is 8.07. The summed E-state index contributed by atoms with van der Waals surface area (Å²) in [6.45, 7) is -0.481. The molecular weight excluding hydrogens is 428 g/mol. The minimum absolute atomic E-state index is 0.0108. The quantitative estimate of drug-likeness (QED) is 0.430. The highest BCUT2D eigenvalue weighted by atomic mass is 16.5. The van der Waals surface area contributed by atoms with E-state index in [9.17, 15) is 14.7 Å². The largest absolute Gasteiger partial charge is 0.507 e. The van der Waals surface area contributed by atoms with Crippen LogP contribution in [0.1, 0.15) is 33.9 Å². The van der Waals surface area contributed by atoms with Gasteiger partial charge in [0.25, 0.3) is 5.91 Å². The van der Waals surface area contributed by atoms with Gasteiger partial charge < -0.3 is 9.84 Å². The van der Waals surface area contributed by atoms with Crippen molar-refractivity contribution in [2.45, 2.75) is 12.5 Å². The van der Waals surface area contributed by atoms with E-state index in [1.165, 1.54) is 17.1 Å². The molecule has 6 nitrogen and oxygen atoms in total. The van der Waals surface area contributed by atoms with E-state index < -0.39 is 18.5 Å². The van der Waals surface area contributed by atoms with Crippen LogP contribution in [-0.2, 0) is 9.53 Å². The molecule has 168 valence electrons. The van der Waals surface area contributed by atoms with E-state index in [0.717, 1.165) is 27.6 Å². The molecule has 0 spiro atoms. The number of hydrazone groups is 1. The number of hydrogen-bond donors (Lipinski definition) is 1. The third-order valence-electron chi connectivity index (χ3n) is 5.88. The molecule has 0 aliphatic carbocycles. The Bertz CT molecular complexity index is 1400. The molecule has 1 unspecified atom stereocenters. The summed E-state index contributed by atoms with van der Waals surface area (Å²) in [5.74, 6) is -1.39. The van der Waals surface area contributed by atoms with Gasteiger partial charge in [0.05, 0.1) is 11.8 Å².